The molecule has 0 spiro atoms. The van der Waals surface area contributed by atoms with E-state index in [1.54, 1.807) is 12.1 Å². The van der Waals surface area contributed by atoms with Gasteiger partial charge in [0.15, 0.2) is 5.75 Å². The van der Waals surface area contributed by atoms with Crippen molar-refractivity contribution < 1.29 is 17.0 Å². The van der Waals surface area contributed by atoms with Gasteiger partial charge in [0.2, 0.25) is 0 Å². The predicted octanol–water partition coefficient (Wildman–Crippen LogP) is 4.45. The Labute approximate surface area is 141 Å². The molecule has 1 aromatic heterocycles. The van der Waals surface area contributed by atoms with Crippen molar-refractivity contribution in [1.29, 1.82) is 0 Å². The topological polar surface area (TPSA) is 56.3 Å². The first-order valence-electron chi connectivity index (χ1n) is 6.31. The molecule has 4 nitrogen and oxygen atoms in total. The zero-order valence-corrected chi connectivity index (χ0v) is 13.7. The van der Waals surface area contributed by atoms with E-state index in [0.717, 1.165) is 24.3 Å². The lowest BCUT2D eigenvalue weighted by atomic mass is 10.2. The normalized spacial score (nSPS) is 11.6. The Morgan fingerprint density at radius 2 is 1.74 bits per heavy atom. The predicted molar refractivity (Wildman–Crippen MR) is 86.0 cm³/mol. The fraction of sp³-hybridized carbons (Fsp3) is 0. The summed E-state index contributed by atoms with van der Waals surface area (Å²) in [5.41, 5.74) is 0.218. The minimum Gasteiger partial charge on any atom is -0.375 e. The van der Waals surface area contributed by atoms with E-state index in [9.17, 15) is 12.8 Å². The van der Waals surface area contributed by atoms with Crippen molar-refractivity contribution >= 4 is 44.2 Å². The minimum absolute atomic E-state index is 0.00638. The number of hydrogen-bond acceptors (Lipinski definition) is 4. The van der Waals surface area contributed by atoms with Gasteiger partial charge in [0, 0.05) is 11.6 Å². The van der Waals surface area contributed by atoms with E-state index < -0.39 is 15.9 Å². The van der Waals surface area contributed by atoms with Crippen LogP contribution >= 0.6 is 23.2 Å². The lowest BCUT2D eigenvalue weighted by molar-refractivity contribution is 0.488. The molecule has 3 rings (SSSR count). The third-order valence-electron chi connectivity index (χ3n) is 3.05. The molecule has 2 aromatic carbocycles. The number of aromatic nitrogens is 1. The van der Waals surface area contributed by atoms with Gasteiger partial charge in [-0.05, 0) is 42.5 Å². The van der Waals surface area contributed by atoms with E-state index >= 15 is 0 Å². The van der Waals surface area contributed by atoms with Gasteiger partial charge in [0.1, 0.15) is 16.2 Å². The lowest BCUT2D eigenvalue weighted by Gasteiger charge is -2.11. The summed E-state index contributed by atoms with van der Waals surface area (Å²) < 4.78 is 42.7. The Balaban J connectivity index is 2.13. The molecule has 1 heterocycles. The molecule has 3 aromatic rings. The zero-order valence-electron chi connectivity index (χ0n) is 11.3. The quantitative estimate of drug-likeness (QED) is 0.638. The van der Waals surface area contributed by atoms with Crippen LogP contribution in [0.15, 0.2) is 53.6 Å². The molecule has 0 aliphatic rings. The summed E-state index contributed by atoms with van der Waals surface area (Å²) in [4.78, 5) is 3.88. The minimum atomic E-state index is -4.19. The van der Waals surface area contributed by atoms with Crippen LogP contribution in [0.5, 0.6) is 5.75 Å². The number of fused-ring (bicyclic) bond motifs is 1. The van der Waals surface area contributed by atoms with E-state index in [0.29, 0.717) is 10.4 Å². The van der Waals surface area contributed by atoms with Crippen LogP contribution < -0.4 is 4.18 Å². The highest BCUT2D eigenvalue weighted by atomic mass is 35.5. The first kappa shape index (κ1) is 16.0. The molecule has 0 aliphatic carbocycles. The van der Waals surface area contributed by atoms with E-state index in [4.69, 9.17) is 27.4 Å². The number of rotatable bonds is 3. The first-order valence-corrected chi connectivity index (χ1v) is 8.48. The van der Waals surface area contributed by atoms with Gasteiger partial charge < -0.3 is 4.18 Å². The van der Waals surface area contributed by atoms with Crippen LogP contribution in [0.25, 0.3) is 10.9 Å². The molecule has 0 fully saturated rings. The average molecular weight is 372 g/mol. The number of nitrogens with zero attached hydrogens (tertiary/aromatic N) is 1. The molecule has 0 bridgehead atoms. The summed E-state index contributed by atoms with van der Waals surface area (Å²) in [6.07, 6.45) is 1.46. The Morgan fingerprint density at radius 1 is 1.04 bits per heavy atom. The van der Waals surface area contributed by atoms with Crippen molar-refractivity contribution in [3.8, 4) is 5.75 Å². The summed E-state index contributed by atoms with van der Waals surface area (Å²) in [5, 5.41) is 0.833. The molecule has 0 atom stereocenters. The Hall–Kier alpha value is -1.89. The summed E-state index contributed by atoms with van der Waals surface area (Å²) in [6, 6.07) is 8.95. The van der Waals surface area contributed by atoms with Crippen LogP contribution in [0.3, 0.4) is 0 Å². The van der Waals surface area contributed by atoms with E-state index in [1.165, 1.54) is 12.3 Å². The van der Waals surface area contributed by atoms with Gasteiger partial charge in [-0.15, -0.1) is 0 Å². The number of pyridine rings is 1. The van der Waals surface area contributed by atoms with Gasteiger partial charge in [-0.25, -0.2) is 4.39 Å². The highest BCUT2D eigenvalue weighted by Gasteiger charge is 2.22. The molecule has 0 saturated carbocycles. The van der Waals surface area contributed by atoms with E-state index in [1.807, 2.05) is 0 Å². The summed E-state index contributed by atoms with van der Waals surface area (Å²) in [5.74, 6) is -0.684. The van der Waals surface area contributed by atoms with Gasteiger partial charge in [0.05, 0.1) is 10.0 Å². The fourth-order valence-electron chi connectivity index (χ4n) is 1.98. The molecule has 8 heteroatoms. The fourth-order valence-corrected chi connectivity index (χ4v) is 3.54. The van der Waals surface area contributed by atoms with Crippen molar-refractivity contribution in [3.05, 3.63) is 64.5 Å². The maximum atomic E-state index is 12.9. The molecular weight excluding hydrogens is 364 g/mol. The van der Waals surface area contributed by atoms with Crippen LogP contribution in [0.1, 0.15) is 0 Å². The highest BCUT2D eigenvalue weighted by Crippen LogP contribution is 2.38. The molecule has 0 amide bonds. The SMILES string of the molecule is O=S(=O)(Oc1c(Cl)cc(Cl)c2cccnc12)c1ccc(F)cc1. The summed E-state index contributed by atoms with van der Waals surface area (Å²) in [7, 11) is -4.19. The molecule has 0 saturated heterocycles. The van der Waals surface area contributed by atoms with Crippen molar-refractivity contribution in [2.75, 3.05) is 0 Å². The molecule has 118 valence electrons. The van der Waals surface area contributed by atoms with Crippen LogP contribution in [0.4, 0.5) is 4.39 Å². The molecule has 0 N–H and O–H groups in total. The molecular formula is C15H8Cl2FNO3S. The van der Waals surface area contributed by atoms with Gasteiger partial charge in [-0.2, -0.15) is 8.42 Å². The summed E-state index contributed by atoms with van der Waals surface area (Å²) >= 11 is 12.1. The third-order valence-corrected chi connectivity index (χ3v) is 4.87. The number of hydrogen-bond donors (Lipinski definition) is 0. The third kappa shape index (κ3) is 3.10. The lowest BCUT2D eigenvalue weighted by Crippen LogP contribution is -2.10. The van der Waals surface area contributed by atoms with Gasteiger partial charge in [-0.1, -0.05) is 23.2 Å². The second-order valence-corrected chi connectivity index (χ2v) is 6.92. The molecule has 0 unspecified atom stereocenters. The molecule has 0 radical (unpaired) electrons. The van der Waals surface area contributed by atoms with Gasteiger partial charge >= 0.3 is 10.1 Å². The summed E-state index contributed by atoms with van der Waals surface area (Å²) in [6.45, 7) is 0. The van der Waals surface area contributed by atoms with Gasteiger partial charge in [-0.3, -0.25) is 4.98 Å². The second kappa shape index (κ2) is 5.96. The maximum Gasteiger partial charge on any atom is 0.339 e. The number of halogens is 3. The standard InChI is InChI=1S/C15H8Cl2FNO3S/c16-12-8-13(17)15(14-11(12)2-1-7-19-14)22-23(20,21)10-5-3-9(18)4-6-10/h1-8H. The van der Waals surface area contributed by atoms with Gasteiger partial charge in [0.25, 0.3) is 0 Å². The largest absolute Gasteiger partial charge is 0.375 e. The smallest absolute Gasteiger partial charge is 0.339 e. The average Bonchev–Trinajstić information content (AvgIpc) is 2.52. The van der Waals surface area contributed by atoms with E-state index in [2.05, 4.69) is 4.98 Å². The van der Waals surface area contributed by atoms with Crippen LogP contribution in [0.2, 0.25) is 10.0 Å². The Bertz CT molecular complexity index is 992. The van der Waals surface area contributed by atoms with Crippen LogP contribution in [-0.4, -0.2) is 13.4 Å². The maximum absolute atomic E-state index is 12.9. The van der Waals surface area contributed by atoms with Crippen LogP contribution in [-0.2, 0) is 10.1 Å². The Kier molecular flexibility index (Phi) is 4.14. The number of benzene rings is 2. The first-order chi connectivity index (χ1) is 10.9. The van der Waals surface area contributed by atoms with Crippen molar-refractivity contribution in [1.82, 2.24) is 4.98 Å². The zero-order chi connectivity index (χ0) is 16.6. The Morgan fingerprint density at radius 3 is 2.43 bits per heavy atom. The van der Waals surface area contributed by atoms with E-state index in [-0.39, 0.29) is 21.2 Å². The second-order valence-electron chi connectivity index (χ2n) is 4.56. The van der Waals surface area contributed by atoms with Crippen LogP contribution in [0, 0.1) is 5.82 Å². The highest BCUT2D eigenvalue weighted by molar-refractivity contribution is 7.87. The molecule has 23 heavy (non-hydrogen) atoms. The monoisotopic (exact) mass is 371 g/mol. The van der Waals surface area contributed by atoms with Crippen molar-refractivity contribution in [2.24, 2.45) is 0 Å². The van der Waals surface area contributed by atoms with Crippen molar-refractivity contribution in [2.45, 2.75) is 4.90 Å². The van der Waals surface area contributed by atoms with Crippen molar-refractivity contribution in [3.63, 3.8) is 0 Å². The molecule has 0 aliphatic heterocycles.